The van der Waals surface area contributed by atoms with Gasteiger partial charge in [-0.25, -0.2) is 4.68 Å². The standard InChI is InChI=1S/C19H15N5O2S/c25-18(13-3-1-4-14(11-13)24-9-2-8-20-24)21-15-7-10-27-16(15)19-22-17(23-26-19)12-5-6-12/h1-4,7-12H,5-6H2,(H,21,25). The number of benzene rings is 1. The van der Waals surface area contributed by atoms with Gasteiger partial charge in [0.1, 0.15) is 4.88 Å². The van der Waals surface area contributed by atoms with Gasteiger partial charge in [0.2, 0.25) is 0 Å². The van der Waals surface area contributed by atoms with Crippen molar-refractivity contribution in [2.24, 2.45) is 0 Å². The van der Waals surface area contributed by atoms with Gasteiger partial charge in [-0.15, -0.1) is 11.3 Å². The highest BCUT2D eigenvalue weighted by molar-refractivity contribution is 7.14. The van der Waals surface area contributed by atoms with Crippen molar-refractivity contribution in [2.75, 3.05) is 5.32 Å². The minimum absolute atomic E-state index is 0.203. The van der Waals surface area contributed by atoms with Crippen LogP contribution in [0.1, 0.15) is 34.9 Å². The molecule has 1 fully saturated rings. The van der Waals surface area contributed by atoms with Gasteiger partial charge in [-0.1, -0.05) is 11.2 Å². The summed E-state index contributed by atoms with van der Waals surface area (Å²) in [6.45, 7) is 0. The number of carbonyl (C=O) groups excluding carboxylic acids is 1. The van der Waals surface area contributed by atoms with Crippen LogP contribution in [-0.2, 0) is 0 Å². The zero-order chi connectivity index (χ0) is 18.2. The summed E-state index contributed by atoms with van der Waals surface area (Å²) in [5, 5.41) is 13.1. The van der Waals surface area contributed by atoms with Crippen molar-refractivity contribution >= 4 is 22.9 Å². The third kappa shape index (κ3) is 3.15. The maximum Gasteiger partial charge on any atom is 0.270 e. The average molecular weight is 377 g/mol. The number of anilines is 1. The molecule has 0 radical (unpaired) electrons. The fourth-order valence-corrected chi connectivity index (χ4v) is 3.58. The largest absolute Gasteiger partial charge is 0.333 e. The fraction of sp³-hybridized carbons (Fsp3) is 0.158. The molecule has 0 atom stereocenters. The average Bonchev–Trinajstić information content (AvgIpc) is 3.11. The Bertz CT molecular complexity index is 1090. The molecule has 1 aliphatic rings. The highest BCUT2D eigenvalue weighted by Gasteiger charge is 2.29. The molecule has 0 aliphatic heterocycles. The van der Waals surface area contributed by atoms with Gasteiger partial charge in [0.25, 0.3) is 11.8 Å². The van der Waals surface area contributed by atoms with Crippen LogP contribution < -0.4 is 5.32 Å². The van der Waals surface area contributed by atoms with Crippen LogP contribution in [0.3, 0.4) is 0 Å². The molecular weight excluding hydrogens is 362 g/mol. The maximum absolute atomic E-state index is 12.7. The topological polar surface area (TPSA) is 85.8 Å². The first-order chi connectivity index (χ1) is 13.3. The fourth-order valence-electron chi connectivity index (χ4n) is 2.81. The number of hydrogen-bond acceptors (Lipinski definition) is 6. The Balaban J connectivity index is 1.39. The molecule has 4 aromatic rings. The highest BCUT2D eigenvalue weighted by atomic mass is 32.1. The van der Waals surface area contributed by atoms with Gasteiger partial charge in [0, 0.05) is 23.9 Å². The first kappa shape index (κ1) is 16.0. The smallest absolute Gasteiger partial charge is 0.270 e. The lowest BCUT2D eigenvalue weighted by Crippen LogP contribution is -2.12. The van der Waals surface area contributed by atoms with Crippen LogP contribution >= 0.6 is 11.3 Å². The Labute approximate surface area is 158 Å². The summed E-state index contributed by atoms with van der Waals surface area (Å²) >= 11 is 1.46. The number of thiophene rings is 1. The lowest BCUT2D eigenvalue weighted by molar-refractivity contribution is 0.102. The van der Waals surface area contributed by atoms with E-state index in [0.29, 0.717) is 23.1 Å². The van der Waals surface area contributed by atoms with Gasteiger partial charge in [0.05, 0.1) is 11.4 Å². The molecule has 0 saturated heterocycles. The van der Waals surface area contributed by atoms with Crippen LogP contribution in [0.4, 0.5) is 5.69 Å². The molecule has 1 amide bonds. The Morgan fingerprint density at radius 3 is 3.00 bits per heavy atom. The third-order valence-electron chi connectivity index (χ3n) is 4.37. The number of nitrogens with one attached hydrogen (secondary N) is 1. The van der Waals surface area contributed by atoms with E-state index in [1.807, 2.05) is 35.8 Å². The van der Waals surface area contributed by atoms with Crippen molar-refractivity contribution in [1.82, 2.24) is 19.9 Å². The number of aromatic nitrogens is 4. The zero-order valence-electron chi connectivity index (χ0n) is 14.2. The molecule has 134 valence electrons. The SMILES string of the molecule is O=C(Nc1ccsc1-c1nc(C2CC2)no1)c1cccc(-n2cccn2)c1. The van der Waals surface area contributed by atoms with E-state index in [1.165, 1.54) is 11.3 Å². The second-order valence-corrected chi connectivity index (χ2v) is 7.27. The van der Waals surface area contributed by atoms with Crippen molar-refractivity contribution in [1.29, 1.82) is 0 Å². The van der Waals surface area contributed by atoms with Crippen molar-refractivity contribution in [3.05, 3.63) is 65.6 Å². The monoisotopic (exact) mass is 377 g/mol. The van der Waals surface area contributed by atoms with Gasteiger partial charge < -0.3 is 9.84 Å². The van der Waals surface area contributed by atoms with Crippen LogP contribution in [0.2, 0.25) is 0 Å². The second kappa shape index (κ2) is 6.48. The number of amides is 1. The van der Waals surface area contributed by atoms with Crippen LogP contribution in [0, 0.1) is 0 Å². The van der Waals surface area contributed by atoms with Crippen molar-refractivity contribution < 1.29 is 9.32 Å². The summed E-state index contributed by atoms with van der Waals surface area (Å²) in [6, 6.07) is 11.0. The summed E-state index contributed by atoms with van der Waals surface area (Å²) in [5.41, 5.74) is 2.04. The summed E-state index contributed by atoms with van der Waals surface area (Å²) in [6.07, 6.45) is 5.75. The predicted molar refractivity (Wildman–Crippen MR) is 101 cm³/mol. The van der Waals surface area contributed by atoms with E-state index in [2.05, 4.69) is 20.6 Å². The van der Waals surface area contributed by atoms with Crippen LogP contribution in [0.15, 0.2) is 58.7 Å². The molecule has 0 bridgehead atoms. The highest BCUT2D eigenvalue weighted by Crippen LogP contribution is 2.40. The van der Waals surface area contributed by atoms with Crippen molar-refractivity contribution in [2.45, 2.75) is 18.8 Å². The van der Waals surface area contributed by atoms with Gasteiger partial charge in [-0.3, -0.25) is 4.79 Å². The summed E-state index contributed by atoms with van der Waals surface area (Å²) in [7, 11) is 0. The molecule has 3 heterocycles. The quantitative estimate of drug-likeness (QED) is 0.565. The minimum atomic E-state index is -0.203. The molecule has 8 heteroatoms. The van der Waals surface area contributed by atoms with Crippen LogP contribution in [0.5, 0.6) is 0 Å². The lowest BCUT2D eigenvalue weighted by Gasteiger charge is -2.07. The maximum atomic E-state index is 12.7. The molecular formula is C19H15N5O2S. The number of hydrogen-bond donors (Lipinski definition) is 1. The molecule has 0 spiro atoms. The molecule has 7 nitrogen and oxygen atoms in total. The van der Waals surface area contributed by atoms with Gasteiger partial charge in [-0.2, -0.15) is 10.1 Å². The van der Waals surface area contributed by atoms with E-state index in [-0.39, 0.29) is 5.91 Å². The first-order valence-electron chi connectivity index (χ1n) is 8.61. The van der Waals surface area contributed by atoms with E-state index >= 15 is 0 Å². The molecule has 1 N–H and O–H groups in total. The zero-order valence-corrected chi connectivity index (χ0v) is 15.0. The van der Waals surface area contributed by atoms with Gasteiger partial charge in [-0.05, 0) is 48.6 Å². The van der Waals surface area contributed by atoms with E-state index in [0.717, 1.165) is 29.2 Å². The molecule has 0 unspecified atom stereocenters. The minimum Gasteiger partial charge on any atom is -0.333 e. The molecule has 1 aromatic carbocycles. The summed E-state index contributed by atoms with van der Waals surface area (Å²) in [4.78, 5) is 18.0. The Morgan fingerprint density at radius 1 is 1.26 bits per heavy atom. The lowest BCUT2D eigenvalue weighted by atomic mass is 10.2. The van der Waals surface area contributed by atoms with E-state index < -0.39 is 0 Å². The normalized spacial score (nSPS) is 13.6. The Kier molecular flexibility index (Phi) is 3.83. The number of rotatable bonds is 5. The predicted octanol–water partition coefficient (Wildman–Crippen LogP) is 4.11. The second-order valence-electron chi connectivity index (χ2n) is 6.35. The van der Waals surface area contributed by atoms with Crippen LogP contribution in [-0.4, -0.2) is 25.8 Å². The molecule has 1 aliphatic carbocycles. The van der Waals surface area contributed by atoms with Gasteiger partial charge in [0.15, 0.2) is 5.82 Å². The number of carbonyl (C=O) groups is 1. The van der Waals surface area contributed by atoms with E-state index in [4.69, 9.17) is 4.52 Å². The Hall–Kier alpha value is -3.26. The van der Waals surface area contributed by atoms with Gasteiger partial charge >= 0.3 is 0 Å². The number of nitrogens with zero attached hydrogens (tertiary/aromatic N) is 4. The van der Waals surface area contributed by atoms with E-state index in [1.54, 1.807) is 23.0 Å². The Morgan fingerprint density at radius 2 is 2.19 bits per heavy atom. The van der Waals surface area contributed by atoms with Crippen molar-refractivity contribution in [3.63, 3.8) is 0 Å². The summed E-state index contributed by atoms with van der Waals surface area (Å²) < 4.78 is 7.11. The molecule has 27 heavy (non-hydrogen) atoms. The third-order valence-corrected chi connectivity index (χ3v) is 5.27. The molecule has 1 saturated carbocycles. The summed E-state index contributed by atoms with van der Waals surface area (Å²) in [5.74, 6) is 1.42. The molecule has 3 aromatic heterocycles. The van der Waals surface area contributed by atoms with Crippen LogP contribution in [0.25, 0.3) is 16.5 Å². The molecule has 5 rings (SSSR count). The van der Waals surface area contributed by atoms with E-state index in [9.17, 15) is 4.79 Å². The van der Waals surface area contributed by atoms with Crippen molar-refractivity contribution in [3.8, 4) is 16.5 Å². The first-order valence-corrected chi connectivity index (χ1v) is 9.49.